The van der Waals surface area contributed by atoms with Crippen LogP contribution in [0.15, 0.2) is 47.4 Å². The Morgan fingerprint density at radius 2 is 1.88 bits per heavy atom. The van der Waals surface area contributed by atoms with Crippen LogP contribution in [0.25, 0.3) is 0 Å². The molecular weight excluding hydrogens is 200 g/mol. The van der Waals surface area contributed by atoms with Crippen molar-refractivity contribution >= 4 is 5.69 Å². The standard InChI is InChI=1S/C13H14N2O/c1-10-6-7-15(13(16)8-10)9-11-2-4-12(14)5-3-11/h2-8H,9,14H2,1H3. The predicted octanol–water partition coefficient (Wildman–Crippen LogP) is 1.79. The Hall–Kier alpha value is -2.03. The van der Waals surface area contributed by atoms with Crippen LogP contribution in [0.5, 0.6) is 0 Å². The Balaban J connectivity index is 2.27. The Bertz CT molecular complexity index is 541. The molecule has 1 heterocycles. The van der Waals surface area contributed by atoms with Crippen LogP contribution in [0.3, 0.4) is 0 Å². The van der Waals surface area contributed by atoms with Gasteiger partial charge in [-0.15, -0.1) is 0 Å². The van der Waals surface area contributed by atoms with Gasteiger partial charge in [-0.25, -0.2) is 0 Å². The van der Waals surface area contributed by atoms with Crippen molar-refractivity contribution in [2.45, 2.75) is 13.5 Å². The van der Waals surface area contributed by atoms with E-state index in [0.717, 1.165) is 16.8 Å². The Morgan fingerprint density at radius 1 is 1.19 bits per heavy atom. The third-order valence-electron chi connectivity index (χ3n) is 2.48. The second-order valence-electron chi connectivity index (χ2n) is 3.91. The highest BCUT2D eigenvalue weighted by Gasteiger charge is 1.97. The van der Waals surface area contributed by atoms with Crippen molar-refractivity contribution in [2.75, 3.05) is 5.73 Å². The molecule has 0 saturated heterocycles. The van der Waals surface area contributed by atoms with E-state index >= 15 is 0 Å². The lowest BCUT2D eigenvalue weighted by molar-refractivity contribution is 0.757. The van der Waals surface area contributed by atoms with E-state index in [-0.39, 0.29) is 5.56 Å². The Labute approximate surface area is 94.1 Å². The molecule has 2 aromatic rings. The van der Waals surface area contributed by atoms with Gasteiger partial charge < -0.3 is 10.3 Å². The maximum Gasteiger partial charge on any atom is 0.251 e. The summed E-state index contributed by atoms with van der Waals surface area (Å²) < 4.78 is 1.68. The van der Waals surface area contributed by atoms with E-state index < -0.39 is 0 Å². The van der Waals surface area contributed by atoms with Gasteiger partial charge in [0.05, 0.1) is 6.54 Å². The van der Waals surface area contributed by atoms with Crippen molar-refractivity contribution in [3.05, 3.63) is 64.1 Å². The highest BCUT2D eigenvalue weighted by molar-refractivity contribution is 5.39. The molecule has 1 aromatic heterocycles. The van der Waals surface area contributed by atoms with Gasteiger partial charge in [0.2, 0.25) is 0 Å². The van der Waals surface area contributed by atoms with Gasteiger partial charge in [-0.2, -0.15) is 0 Å². The molecule has 1 aromatic carbocycles. The molecule has 0 unspecified atom stereocenters. The lowest BCUT2D eigenvalue weighted by atomic mass is 10.2. The summed E-state index contributed by atoms with van der Waals surface area (Å²) in [6, 6.07) is 11.1. The number of hydrogen-bond acceptors (Lipinski definition) is 2. The minimum atomic E-state index is 0.0248. The second kappa shape index (κ2) is 4.23. The smallest absolute Gasteiger partial charge is 0.251 e. The van der Waals surface area contributed by atoms with E-state index in [1.807, 2.05) is 43.5 Å². The first-order chi connectivity index (χ1) is 7.65. The lowest BCUT2D eigenvalue weighted by Crippen LogP contribution is -2.19. The second-order valence-corrected chi connectivity index (χ2v) is 3.91. The van der Waals surface area contributed by atoms with Gasteiger partial charge in [0.15, 0.2) is 0 Å². The number of nitrogens with two attached hydrogens (primary N) is 1. The van der Waals surface area contributed by atoms with Gasteiger partial charge in [-0.1, -0.05) is 12.1 Å². The van der Waals surface area contributed by atoms with Gasteiger partial charge >= 0.3 is 0 Å². The van der Waals surface area contributed by atoms with Crippen LogP contribution in [0, 0.1) is 6.92 Å². The first-order valence-corrected chi connectivity index (χ1v) is 5.17. The normalized spacial score (nSPS) is 10.3. The summed E-state index contributed by atoms with van der Waals surface area (Å²) in [7, 11) is 0. The summed E-state index contributed by atoms with van der Waals surface area (Å²) >= 11 is 0. The maximum absolute atomic E-state index is 11.6. The van der Waals surface area contributed by atoms with Crippen LogP contribution in [0.4, 0.5) is 5.69 Å². The zero-order valence-electron chi connectivity index (χ0n) is 9.18. The van der Waals surface area contributed by atoms with Gasteiger partial charge in [-0.3, -0.25) is 4.79 Å². The summed E-state index contributed by atoms with van der Waals surface area (Å²) in [5.74, 6) is 0. The summed E-state index contributed by atoms with van der Waals surface area (Å²) in [6.45, 7) is 2.49. The minimum Gasteiger partial charge on any atom is -0.399 e. The molecule has 0 amide bonds. The highest BCUT2D eigenvalue weighted by atomic mass is 16.1. The molecule has 0 radical (unpaired) electrons. The molecule has 2 N–H and O–H groups in total. The number of benzene rings is 1. The molecule has 3 nitrogen and oxygen atoms in total. The van der Waals surface area contributed by atoms with E-state index in [4.69, 9.17) is 5.73 Å². The number of nitrogens with zero attached hydrogens (tertiary/aromatic N) is 1. The molecule has 82 valence electrons. The first kappa shape index (κ1) is 10.5. The van der Waals surface area contributed by atoms with Crippen LogP contribution >= 0.6 is 0 Å². The Kier molecular flexibility index (Phi) is 2.77. The fraction of sp³-hybridized carbons (Fsp3) is 0.154. The van der Waals surface area contributed by atoms with Gasteiger partial charge in [0, 0.05) is 18.0 Å². The minimum absolute atomic E-state index is 0.0248. The average molecular weight is 214 g/mol. The summed E-state index contributed by atoms with van der Waals surface area (Å²) in [5.41, 5.74) is 8.42. The van der Waals surface area contributed by atoms with Crippen molar-refractivity contribution in [1.29, 1.82) is 0 Å². The van der Waals surface area contributed by atoms with Crippen LogP contribution in [-0.2, 0) is 6.54 Å². The van der Waals surface area contributed by atoms with E-state index in [0.29, 0.717) is 6.54 Å². The third-order valence-corrected chi connectivity index (χ3v) is 2.48. The van der Waals surface area contributed by atoms with Crippen LogP contribution in [0.1, 0.15) is 11.1 Å². The zero-order valence-corrected chi connectivity index (χ0v) is 9.18. The lowest BCUT2D eigenvalue weighted by Gasteiger charge is -2.06. The summed E-state index contributed by atoms with van der Waals surface area (Å²) in [4.78, 5) is 11.6. The number of anilines is 1. The molecule has 0 aliphatic heterocycles. The monoisotopic (exact) mass is 214 g/mol. The topological polar surface area (TPSA) is 48.0 Å². The molecular formula is C13H14N2O. The SMILES string of the molecule is Cc1ccn(Cc2ccc(N)cc2)c(=O)c1. The highest BCUT2D eigenvalue weighted by Crippen LogP contribution is 2.06. The van der Waals surface area contributed by atoms with Gasteiger partial charge in [-0.05, 0) is 36.2 Å². The van der Waals surface area contributed by atoms with Crippen LogP contribution in [0.2, 0.25) is 0 Å². The van der Waals surface area contributed by atoms with Crippen molar-refractivity contribution < 1.29 is 0 Å². The number of rotatable bonds is 2. The zero-order chi connectivity index (χ0) is 11.5. The number of aryl methyl sites for hydroxylation is 1. The van der Waals surface area contributed by atoms with Gasteiger partial charge in [0.25, 0.3) is 5.56 Å². The fourth-order valence-electron chi connectivity index (χ4n) is 1.56. The molecule has 0 saturated carbocycles. The fourth-order valence-corrected chi connectivity index (χ4v) is 1.56. The van der Waals surface area contributed by atoms with E-state index in [1.165, 1.54) is 0 Å². The van der Waals surface area contributed by atoms with E-state index in [1.54, 1.807) is 10.6 Å². The third kappa shape index (κ3) is 2.31. The number of pyridine rings is 1. The van der Waals surface area contributed by atoms with Crippen molar-refractivity contribution in [1.82, 2.24) is 4.57 Å². The van der Waals surface area contributed by atoms with Crippen molar-refractivity contribution in [3.8, 4) is 0 Å². The summed E-state index contributed by atoms with van der Waals surface area (Å²) in [6.07, 6.45) is 1.81. The molecule has 0 aliphatic rings. The van der Waals surface area contributed by atoms with E-state index in [9.17, 15) is 4.79 Å². The van der Waals surface area contributed by atoms with Gasteiger partial charge in [0.1, 0.15) is 0 Å². The molecule has 0 spiro atoms. The number of aromatic nitrogens is 1. The molecule has 0 aliphatic carbocycles. The molecule has 3 heteroatoms. The predicted molar refractivity (Wildman–Crippen MR) is 65.4 cm³/mol. The van der Waals surface area contributed by atoms with E-state index in [2.05, 4.69) is 0 Å². The molecule has 0 bridgehead atoms. The van der Waals surface area contributed by atoms with Crippen LogP contribution in [-0.4, -0.2) is 4.57 Å². The van der Waals surface area contributed by atoms with Crippen molar-refractivity contribution in [2.24, 2.45) is 0 Å². The largest absolute Gasteiger partial charge is 0.399 e. The van der Waals surface area contributed by atoms with Crippen molar-refractivity contribution in [3.63, 3.8) is 0 Å². The Morgan fingerprint density at radius 3 is 2.50 bits per heavy atom. The first-order valence-electron chi connectivity index (χ1n) is 5.17. The molecule has 2 rings (SSSR count). The molecule has 0 atom stereocenters. The average Bonchev–Trinajstić information content (AvgIpc) is 2.25. The molecule has 16 heavy (non-hydrogen) atoms. The quantitative estimate of drug-likeness (QED) is 0.775. The summed E-state index contributed by atoms with van der Waals surface area (Å²) in [5, 5.41) is 0. The number of nitrogen functional groups attached to an aromatic ring is 1. The number of hydrogen-bond donors (Lipinski definition) is 1. The maximum atomic E-state index is 11.6. The van der Waals surface area contributed by atoms with Crippen LogP contribution < -0.4 is 11.3 Å². The molecule has 0 fully saturated rings.